The molecule has 0 aliphatic carbocycles. The number of hydrogen-bond acceptors (Lipinski definition) is 3. The minimum Gasteiger partial charge on any atom is -0.406 e. The maximum Gasteiger partial charge on any atom is 0.573 e. The summed E-state index contributed by atoms with van der Waals surface area (Å²) in [6, 6.07) is 5.83. The second kappa shape index (κ2) is 6.34. The van der Waals surface area contributed by atoms with Gasteiger partial charge in [-0.05, 0) is 43.6 Å². The standard InChI is InChI=1S/C14H17F3N2O2/c15-14(16,17)21-12-3-1-10(2-4-12)9-19-7-5-11(6-8-19)13(18)20/h1-4,11H,5-9H2,(H2,18,20). The van der Waals surface area contributed by atoms with Gasteiger partial charge in [0.2, 0.25) is 5.91 Å². The smallest absolute Gasteiger partial charge is 0.406 e. The van der Waals surface area contributed by atoms with Crippen LogP contribution in [0.2, 0.25) is 0 Å². The first kappa shape index (κ1) is 15.6. The van der Waals surface area contributed by atoms with Crippen molar-refractivity contribution < 1.29 is 22.7 Å². The Bertz CT molecular complexity index is 480. The van der Waals surface area contributed by atoms with Crippen LogP contribution in [0.3, 0.4) is 0 Å². The van der Waals surface area contributed by atoms with Crippen LogP contribution in [0.15, 0.2) is 24.3 Å². The highest BCUT2D eigenvalue weighted by Gasteiger charge is 2.31. The molecule has 1 saturated heterocycles. The predicted molar refractivity (Wildman–Crippen MR) is 70.3 cm³/mol. The van der Waals surface area contributed by atoms with Gasteiger partial charge in [0, 0.05) is 12.5 Å². The van der Waals surface area contributed by atoms with Crippen molar-refractivity contribution in [2.45, 2.75) is 25.7 Å². The second-order valence-electron chi connectivity index (χ2n) is 5.14. The summed E-state index contributed by atoms with van der Waals surface area (Å²) in [6.45, 7) is 2.15. The molecule has 1 amide bonds. The van der Waals surface area contributed by atoms with Gasteiger partial charge >= 0.3 is 6.36 Å². The van der Waals surface area contributed by atoms with Crippen molar-refractivity contribution in [1.82, 2.24) is 4.90 Å². The molecule has 4 nitrogen and oxygen atoms in total. The first-order valence-electron chi connectivity index (χ1n) is 6.70. The molecule has 0 radical (unpaired) electrons. The van der Waals surface area contributed by atoms with E-state index in [1.54, 1.807) is 12.1 Å². The molecule has 0 atom stereocenters. The van der Waals surface area contributed by atoms with Gasteiger partial charge in [-0.15, -0.1) is 13.2 Å². The number of hydrogen-bond donors (Lipinski definition) is 1. The SMILES string of the molecule is NC(=O)C1CCN(Cc2ccc(OC(F)(F)F)cc2)CC1. The van der Waals surface area contributed by atoms with E-state index in [2.05, 4.69) is 9.64 Å². The van der Waals surface area contributed by atoms with Crippen LogP contribution in [-0.4, -0.2) is 30.3 Å². The lowest BCUT2D eigenvalue weighted by molar-refractivity contribution is -0.274. The van der Waals surface area contributed by atoms with Crippen molar-refractivity contribution in [1.29, 1.82) is 0 Å². The number of alkyl halides is 3. The van der Waals surface area contributed by atoms with E-state index in [9.17, 15) is 18.0 Å². The number of nitrogens with zero attached hydrogens (tertiary/aromatic N) is 1. The Balaban J connectivity index is 1.85. The first-order valence-corrected chi connectivity index (χ1v) is 6.70. The molecule has 0 unspecified atom stereocenters. The topological polar surface area (TPSA) is 55.6 Å². The average molecular weight is 302 g/mol. The van der Waals surface area contributed by atoms with Crippen molar-refractivity contribution >= 4 is 5.91 Å². The van der Waals surface area contributed by atoms with E-state index in [0.29, 0.717) is 6.54 Å². The number of piperidine rings is 1. The van der Waals surface area contributed by atoms with E-state index in [0.717, 1.165) is 31.5 Å². The van der Waals surface area contributed by atoms with Gasteiger partial charge in [-0.1, -0.05) is 12.1 Å². The van der Waals surface area contributed by atoms with Crippen LogP contribution >= 0.6 is 0 Å². The summed E-state index contributed by atoms with van der Waals surface area (Å²) in [7, 11) is 0. The molecule has 1 aliphatic heterocycles. The van der Waals surface area contributed by atoms with E-state index < -0.39 is 6.36 Å². The Kier molecular flexibility index (Phi) is 4.72. The largest absolute Gasteiger partial charge is 0.573 e. The van der Waals surface area contributed by atoms with Crippen LogP contribution in [0.5, 0.6) is 5.75 Å². The molecule has 21 heavy (non-hydrogen) atoms. The summed E-state index contributed by atoms with van der Waals surface area (Å²) in [4.78, 5) is 13.2. The molecule has 1 fully saturated rings. The van der Waals surface area contributed by atoms with Gasteiger partial charge in [0.05, 0.1) is 0 Å². The van der Waals surface area contributed by atoms with Crippen molar-refractivity contribution in [3.8, 4) is 5.75 Å². The van der Waals surface area contributed by atoms with Crippen LogP contribution < -0.4 is 10.5 Å². The summed E-state index contributed by atoms with van der Waals surface area (Å²) < 4.78 is 40.0. The number of carbonyl (C=O) groups is 1. The molecule has 0 aromatic heterocycles. The number of likely N-dealkylation sites (tertiary alicyclic amines) is 1. The Hall–Kier alpha value is -1.76. The Morgan fingerprint density at radius 2 is 1.81 bits per heavy atom. The van der Waals surface area contributed by atoms with E-state index >= 15 is 0 Å². The van der Waals surface area contributed by atoms with Crippen LogP contribution in [-0.2, 0) is 11.3 Å². The van der Waals surface area contributed by atoms with Crippen molar-refractivity contribution in [2.24, 2.45) is 11.7 Å². The highest BCUT2D eigenvalue weighted by atomic mass is 19.4. The number of primary amides is 1. The molecule has 2 N–H and O–H groups in total. The van der Waals surface area contributed by atoms with Crippen LogP contribution in [0.1, 0.15) is 18.4 Å². The zero-order valence-electron chi connectivity index (χ0n) is 11.4. The maximum atomic E-state index is 12.0. The Morgan fingerprint density at radius 3 is 2.29 bits per heavy atom. The molecule has 116 valence electrons. The third-order valence-corrected chi connectivity index (χ3v) is 3.55. The fourth-order valence-electron chi connectivity index (χ4n) is 2.43. The summed E-state index contributed by atoms with van der Waals surface area (Å²) in [5.74, 6) is -0.550. The average Bonchev–Trinajstić information content (AvgIpc) is 2.40. The minimum atomic E-state index is -4.67. The fourth-order valence-corrected chi connectivity index (χ4v) is 2.43. The third kappa shape index (κ3) is 4.93. The molecule has 0 spiro atoms. The summed E-state index contributed by atoms with van der Waals surface area (Å²) in [5.41, 5.74) is 6.17. The molecule has 1 aromatic carbocycles. The zero-order valence-corrected chi connectivity index (χ0v) is 11.4. The summed E-state index contributed by atoms with van der Waals surface area (Å²) in [6.07, 6.45) is -3.21. The summed E-state index contributed by atoms with van der Waals surface area (Å²) in [5, 5.41) is 0. The molecular weight excluding hydrogens is 285 g/mol. The van der Waals surface area contributed by atoms with Crippen LogP contribution in [0.4, 0.5) is 13.2 Å². The van der Waals surface area contributed by atoms with E-state index in [4.69, 9.17) is 5.73 Å². The van der Waals surface area contributed by atoms with E-state index in [1.807, 2.05) is 0 Å². The Labute approximate surface area is 120 Å². The monoisotopic (exact) mass is 302 g/mol. The van der Waals surface area contributed by atoms with Crippen molar-refractivity contribution in [2.75, 3.05) is 13.1 Å². The van der Waals surface area contributed by atoms with Gasteiger partial charge in [-0.3, -0.25) is 9.69 Å². The molecule has 1 aromatic rings. The summed E-state index contributed by atoms with van der Waals surface area (Å²) >= 11 is 0. The van der Waals surface area contributed by atoms with Crippen molar-refractivity contribution in [3.05, 3.63) is 29.8 Å². The molecule has 7 heteroatoms. The number of ether oxygens (including phenoxy) is 1. The molecular formula is C14H17F3N2O2. The second-order valence-corrected chi connectivity index (χ2v) is 5.14. The first-order chi connectivity index (χ1) is 9.83. The highest BCUT2D eigenvalue weighted by molar-refractivity contribution is 5.76. The fraction of sp³-hybridized carbons (Fsp3) is 0.500. The maximum absolute atomic E-state index is 12.0. The predicted octanol–water partition coefficient (Wildman–Crippen LogP) is 2.28. The number of carbonyl (C=O) groups excluding carboxylic acids is 1. The molecule has 1 aliphatic rings. The Morgan fingerprint density at radius 1 is 1.24 bits per heavy atom. The number of halogens is 3. The minimum absolute atomic E-state index is 0.0659. The highest BCUT2D eigenvalue weighted by Crippen LogP contribution is 2.24. The van der Waals surface area contributed by atoms with Gasteiger partial charge in [-0.25, -0.2) is 0 Å². The van der Waals surface area contributed by atoms with Gasteiger partial charge < -0.3 is 10.5 Å². The zero-order chi connectivity index (χ0) is 15.5. The van der Waals surface area contributed by atoms with E-state index in [1.165, 1.54) is 12.1 Å². The molecule has 2 rings (SSSR count). The quantitative estimate of drug-likeness (QED) is 0.928. The molecule has 0 bridgehead atoms. The van der Waals surface area contributed by atoms with Crippen molar-refractivity contribution in [3.63, 3.8) is 0 Å². The number of amides is 1. The number of benzene rings is 1. The van der Waals surface area contributed by atoms with Crippen LogP contribution in [0.25, 0.3) is 0 Å². The lowest BCUT2D eigenvalue weighted by Crippen LogP contribution is -2.38. The normalized spacial score (nSPS) is 17.7. The number of nitrogens with two attached hydrogens (primary N) is 1. The lowest BCUT2D eigenvalue weighted by Gasteiger charge is -2.30. The van der Waals surface area contributed by atoms with E-state index in [-0.39, 0.29) is 17.6 Å². The third-order valence-electron chi connectivity index (χ3n) is 3.55. The van der Waals surface area contributed by atoms with Gasteiger partial charge in [0.15, 0.2) is 0 Å². The number of rotatable bonds is 4. The molecule has 0 saturated carbocycles. The van der Waals surface area contributed by atoms with Gasteiger partial charge in [0.1, 0.15) is 5.75 Å². The molecule has 1 heterocycles. The van der Waals surface area contributed by atoms with Crippen LogP contribution in [0, 0.1) is 5.92 Å². The lowest BCUT2D eigenvalue weighted by atomic mass is 9.96. The van der Waals surface area contributed by atoms with Gasteiger partial charge in [0.25, 0.3) is 0 Å². The van der Waals surface area contributed by atoms with Gasteiger partial charge in [-0.2, -0.15) is 0 Å².